The van der Waals surface area contributed by atoms with E-state index >= 15 is 0 Å². The Bertz CT molecular complexity index is 986. The van der Waals surface area contributed by atoms with Gasteiger partial charge in [0.25, 0.3) is 0 Å². The van der Waals surface area contributed by atoms with Crippen molar-refractivity contribution in [3.8, 4) is 17.2 Å². The molecule has 3 aromatic carbocycles. The maximum Gasteiger partial charge on any atom is 0.349 e. The molecule has 0 saturated carbocycles. The van der Waals surface area contributed by atoms with Crippen molar-refractivity contribution in [3.63, 3.8) is 0 Å². The molecule has 0 atom stereocenters. The SMILES string of the molecule is COc1cc(/C=C/c2ccccc2)ccc1OC(=O)COc1c(C)cccc1C. The number of benzene rings is 3. The standard InChI is InChI=1S/C25H24O4/c1-18-8-7-9-19(2)25(18)28-17-24(26)29-22-15-14-21(16-23(22)27-3)13-12-20-10-5-4-6-11-20/h4-16H,17H2,1-3H3/b13-12+. The second kappa shape index (κ2) is 9.60. The van der Waals surface area contributed by atoms with Crippen LogP contribution in [0.5, 0.6) is 17.2 Å². The summed E-state index contributed by atoms with van der Waals surface area (Å²) < 4.78 is 16.5. The van der Waals surface area contributed by atoms with Crippen molar-refractivity contribution >= 4 is 18.1 Å². The fourth-order valence-electron chi connectivity index (χ4n) is 2.94. The van der Waals surface area contributed by atoms with Crippen molar-refractivity contribution in [3.05, 3.63) is 89.0 Å². The molecule has 0 unspecified atom stereocenters. The number of rotatable bonds is 7. The predicted molar refractivity (Wildman–Crippen MR) is 115 cm³/mol. The lowest BCUT2D eigenvalue weighted by Gasteiger charge is -2.13. The molecule has 0 aliphatic rings. The molecule has 4 nitrogen and oxygen atoms in total. The van der Waals surface area contributed by atoms with Gasteiger partial charge in [0, 0.05) is 0 Å². The highest BCUT2D eigenvalue weighted by Gasteiger charge is 2.13. The van der Waals surface area contributed by atoms with Gasteiger partial charge in [0.15, 0.2) is 18.1 Å². The van der Waals surface area contributed by atoms with E-state index in [2.05, 4.69) is 0 Å². The summed E-state index contributed by atoms with van der Waals surface area (Å²) in [7, 11) is 1.55. The molecule has 3 rings (SSSR count). The molecule has 4 heteroatoms. The minimum absolute atomic E-state index is 0.176. The zero-order valence-electron chi connectivity index (χ0n) is 16.8. The van der Waals surface area contributed by atoms with E-state index in [1.807, 2.05) is 86.7 Å². The second-order valence-electron chi connectivity index (χ2n) is 6.64. The van der Waals surface area contributed by atoms with E-state index in [0.29, 0.717) is 17.2 Å². The van der Waals surface area contributed by atoms with Crippen molar-refractivity contribution in [1.29, 1.82) is 0 Å². The number of esters is 1. The average molecular weight is 388 g/mol. The van der Waals surface area contributed by atoms with Crippen molar-refractivity contribution in [2.45, 2.75) is 13.8 Å². The number of carbonyl (C=O) groups excluding carboxylic acids is 1. The molecule has 0 aliphatic carbocycles. The van der Waals surface area contributed by atoms with Crippen LogP contribution < -0.4 is 14.2 Å². The van der Waals surface area contributed by atoms with Gasteiger partial charge < -0.3 is 14.2 Å². The predicted octanol–water partition coefficient (Wildman–Crippen LogP) is 5.47. The van der Waals surface area contributed by atoms with Gasteiger partial charge in [0.2, 0.25) is 0 Å². The lowest BCUT2D eigenvalue weighted by molar-refractivity contribution is -0.136. The van der Waals surface area contributed by atoms with Gasteiger partial charge in [-0.1, -0.05) is 66.7 Å². The minimum atomic E-state index is -0.487. The minimum Gasteiger partial charge on any atom is -0.493 e. The third-order valence-corrected chi connectivity index (χ3v) is 4.42. The summed E-state index contributed by atoms with van der Waals surface area (Å²) in [5.41, 5.74) is 4.00. The highest BCUT2D eigenvalue weighted by molar-refractivity contribution is 5.76. The lowest BCUT2D eigenvalue weighted by Crippen LogP contribution is -2.18. The molecule has 0 radical (unpaired) electrons. The number of hydrogen-bond acceptors (Lipinski definition) is 4. The molecule has 148 valence electrons. The normalized spacial score (nSPS) is 10.7. The number of para-hydroxylation sites is 1. The largest absolute Gasteiger partial charge is 0.493 e. The Balaban J connectivity index is 1.65. The zero-order valence-corrected chi connectivity index (χ0v) is 16.8. The Morgan fingerprint density at radius 1 is 0.828 bits per heavy atom. The number of aryl methyl sites for hydroxylation is 2. The van der Waals surface area contributed by atoms with E-state index in [9.17, 15) is 4.79 Å². The topological polar surface area (TPSA) is 44.8 Å². The Kier molecular flexibility index (Phi) is 6.69. The van der Waals surface area contributed by atoms with Crippen LogP contribution in [0.3, 0.4) is 0 Å². The van der Waals surface area contributed by atoms with Gasteiger partial charge in [-0.3, -0.25) is 0 Å². The summed E-state index contributed by atoms with van der Waals surface area (Å²) in [5, 5.41) is 0. The van der Waals surface area contributed by atoms with Gasteiger partial charge in [-0.2, -0.15) is 0 Å². The van der Waals surface area contributed by atoms with Crippen LogP contribution in [0.15, 0.2) is 66.7 Å². The van der Waals surface area contributed by atoms with Crippen molar-refractivity contribution in [2.75, 3.05) is 13.7 Å². The Labute approximate surface area is 171 Å². The van der Waals surface area contributed by atoms with Gasteiger partial charge in [-0.15, -0.1) is 0 Å². The first-order valence-electron chi connectivity index (χ1n) is 9.37. The Hall–Kier alpha value is -3.53. The van der Waals surface area contributed by atoms with Gasteiger partial charge in [0.1, 0.15) is 5.75 Å². The van der Waals surface area contributed by atoms with Gasteiger partial charge in [-0.05, 0) is 48.2 Å². The van der Waals surface area contributed by atoms with E-state index in [4.69, 9.17) is 14.2 Å². The second-order valence-corrected chi connectivity index (χ2v) is 6.64. The third kappa shape index (κ3) is 5.48. The first kappa shape index (κ1) is 20.2. The number of carbonyl (C=O) groups is 1. The summed E-state index contributed by atoms with van der Waals surface area (Å²) in [6, 6.07) is 21.3. The highest BCUT2D eigenvalue weighted by atomic mass is 16.6. The zero-order chi connectivity index (χ0) is 20.6. The van der Waals surface area contributed by atoms with Gasteiger partial charge in [0.05, 0.1) is 7.11 Å². The number of hydrogen-bond donors (Lipinski definition) is 0. The van der Waals surface area contributed by atoms with E-state index in [1.54, 1.807) is 13.2 Å². The number of methoxy groups -OCH3 is 1. The third-order valence-electron chi connectivity index (χ3n) is 4.42. The van der Waals surface area contributed by atoms with Crippen LogP contribution in [0, 0.1) is 13.8 Å². The molecule has 3 aromatic rings. The summed E-state index contributed by atoms with van der Waals surface area (Å²) in [6.45, 7) is 3.71. The fraction of sp³-hybridized carbons (Fsp3) is 0.160. The van der Waals surface area contributed by atoms with Crippen LogP contribution in [-0.2, 0) is 4.79 Å². The molecule has 0 spiro atoms. The first-order chi connectivity index (χ1) is 14.1. The van der Waals surface area contributed by atoms with E-state index in [-0.39, 0.29) is 6.61 Å². The molecule has 0 saturated heterocycles. The van der Waals surface area contributed by atoms with E-state index in [0.717, 1.165) is 22.3 Å². The quantitative estimate of drug-likeness (QED) is 0.306. The molecule has 0 amide bonds. The van der Waals surface area contributed by atoms with Crippen molar-refractivity contribution < 1.29 is 19.0 Å². The highest BCUT2D eigenvalue weighted by Crippen LogP contribution is 2.29. The van der Waals surface area contributed by atoms with Crippen LogP contribution >= 0.6 is 0 Å². The molecular weight excluding hydrogens is 364 g/mol. The van der Waals surface area contributed by atoms with Crippen LogP contribution in [0.2, 0.25) is 0 Å². The molecule has 0 fully saturated rings. The summed E-state index contributed by atoms with van der Waals surface area (Å²) >= 11 is 0. The maximum absolute atomic E-state index is 12.3. The Morgan fingerprint density at radius 2 is 1.52 bits per heavy atom. The van der Waals surface area contributed by atoms with Gasteiger partial charge in [-0.25, -0.2) is 4.79 Å². The molecule has 0 N–H and O–H groups in total. The molecular formula is C25H24O4. The van der Waals surface area contributed by atoms with Crippen molar-refractivity contribution in [2.24, 2.45) is 0 Å². The fourth-order valence-corrected chi connectivity index (χ4v) is 2.94. The van der Waals surface area contributed by atoms with Crippen molar-refractivity contribution in [1.82, 2.24) is 0 Å². The average Bonchev–Trinajstić information content (AvgIpc) is 2.73. The van der Waals surface area contributed by atoms with Crippen LogP contribution in [0.1, 0.15) is 22.3 Å². The summed E-state index contributed by atoms with van der Waals surface area (Å²) in [4.78, 5) is 12.3. The lowest BCUT2D eigenvalue weighted by atomic mass is 10.1. The van der Waals surface area contributed by atoms with Crippen LogP contribution in [-0.4, -0.2) is 19.7 Å². The molecule has 0 aliphatic heterocycles. The molecule has 29 heavy (non-hydrogen) atoms. The van der Waals surface area contributed by atoms with Crippen LogP contribution in [0.25, 0.3) is 12.2 Å². The summed E-state index contributed by atoms with van der Waals surface area (Å²) in [6.07, 6.45) is 3.99. The molecule has 0 heterocycles. The van der Waals surface area contributed by atoms with E-state index in [1.165, 1.54) is 0 Å². The molecule has 0 aromatic heterocycles. The smallest absolute Gasteiger partial charge is 0.349 e. The first-order valence-corrected chi connectivity index (χ1v) is 9.37. The maximum atomic E-state index is 12.3. The van der Waals surface area contributed by atoms with Crippen LogP contribution in [0.4, 0.5) is 0 Å². The molecule has 0 bridgehead atoms. The van der Waals surface area contributed by atoms with E-state index < -0.39 is 5.97 Å². The summed E-state index contributed by atoms with van der Waals surface area (Å²) in [5.74, 6) is 1.07. The monoisotopic (exact) mass is 388 g/mol. The Morgan fingerprint density at radius 3 is 2.21 bits per heavy atom. The number of ether oxygens (including phenoxy) is 3. The van der Waals surface area contributed by atoms with Gasteiger partial charge >= 0.3 is 5.97 Å².